The van der Waals surface area contributed by atoms with Crippen LogP contribution < -0.4 is 0 Å². The van der Waals surface area contributed by atoms with Crippen molar-refractivity contribution in [3.05, 3.63) is 0 Å². The van der Waals surface area contributed by atoms with E-state index in [0.29, 0.717) is 13.2 Å². The maximum absolute atomic E-state index is 6.06. The van der Waals surface area contributed by atoms with Gasteiger partial charge in [-0.05, 0) is 33.6 Å². The molecule has 0 N–H and O–H groups in total. The molecule has 0 aromatic rings. The molecule has 0 bridgehead atoms. The lowest BCUT2D eigenvalue weighted by molar-refractivity contribution is -0.286. The molecule has 0 aromatic heterocycles. The number of unbranched alkanes of at least 4 members (excludes halogenated alkanes) is 5. The summed E-state index contributed by atoms with van der Waals surface area (Å²) in [5.41, 5.74) is 0.110. The molecular weight excluding hydrogens is 260 g/mol. The first kappa shape index (κ1) is 20.9. The van der Waals surface area contributed by atoms with E-state index >= 15 is 0 Å². The van der Waals surface area contributed by atoms with Gasteiger partial charge in [0.2, 0.25) is 0 Å². The minimum atomic E-state index is -0.448. The van der Waals surface area contributed by atoms with E-state index < -0.39 is 5.79 Å². The average Bonchev–Trinajstić information content (AvgIpc) is 2.43. The molecule has 0 aromatic carbocycles. The van der Waals surface area contributed by atoms with Gasteiger partial charge in [-0.15, -0.1) is 0 Å². The Hall–Kier alpha value is -0.0800. The zero-order chi connectivity index (χ0) is 16.2. The Morgan fingerprint density at radius 1 is 0.619 bits per heavy atom. The topological polar surface area (TPSA) is 18.5 Å². The van der Waals surface area contributed by atoms with Crippen molar-refractivity contribution in [3.8, 4) is 0 Å². The highest BCUT2D eigenvalue weighted by molar-refractivity contribution is 4.88. The molecule has 0 aliphatic rings. The molecule has 0 amide bonds. The van der Waals surface area contributed by atoms with Crippen LogP contribution in [0.5, 0.6) is 0 Å². The first-order valence-electron chi connectivity index (χ1n) is 9.27. The molecule has 0 spiro atoms. The van der Waals surface area contributed by atoms with Crippen molar-refractivity contribution in [3.63, 3.8) is 0 Å². The van der Waals surface area contributed by atoms with Gasteiger partial charge in [0.05, 0.1) is 0 Å². The molecule has 2 nitrogen and oxygen atoms in total. The highest BCUT2D eigenvalue weighted by Gasteiger charge is 2.45. The standard InChI is InChI=1S/C19H40O2/c1-7-11-12-13-14-15-17-18(5,16-8-2)19(6,20-9-3)21-10-4/h7-17H2,1-6H3. The third-order valence-corrected chi connectivity index (χ3v) is 4.82. The zero-order valence-electron chi connectivity index (χ0n) is 15.6. The van der Waals surface area contributed by atoms with Crippen LogP contribution in [0.2, 0.25) is 0 Å². The fourth-order valence-electron chi connectivity index (χ4n) is 3.37. The smallest absolute Gasteiger partial charge is 0.170 e. The Labute approximate surface area is 134 Å². The maximum atomic E-state index is 6.06. The third kappa shape index (κ3) is 7.15. The normalized spacial score (nSPS) is 15.1. The monoisotopic (exact) mass is 300 g/mol. The molecule has 128 valence electrons. The predicted molar refractivity (Wildman–Crippen MR) is 92.7 cm³/mol. The lowest BCUT2D eigenvalue weighted by Crippen LogP contribution is -2.48. The van der Waals surface area contributed by atoms with E-state index in [1.165, 1.54) is 57.8 Å². The first-order valence-corrected chi connectivity index (χ1v) is 9.27. The fourth-order valence-corrected chi connectivity index (χ4v) is 3.37. The molecule has 2 heteroatoms. The quantitative estimate of drug-likeness (QED) is 0.275. The van der Waals surface area contributed by atoms with Crippen LogP contribution in [-0.2, 0) is 9.47 Å². The summed E-state index contributed by atoms with van der Waals surface area (Å²) in [5.74, 6) is -0.448. The second-order valence-electron chi connectivity index (χ2n) is 6.64. The van der Waals surface area contributed by atoms with Gasteiger partial charge in [-0.1, -0.05) is 65.7 Å². The summed E-state index contributed by atoms with van der Waals surface area (Å²) in [4.78, 5) is 0. The molecule has 1 atom stereocenters. The fraction of sp³-hybridized carbons (Fsp3) is 1.00. The molecule has 0 fully saturated rings. The summed E-state index contributed by atoms with van der Waals surface area (Å²) in [5, 5.41) is 0. The van der Waals surface area contributed by atoms with Crippen LogP contribution in [0.15, 0.2) is 0 Å². The van der Waals surface area contributed by atoms with Gasteiger partial charge in [0.1, 0.15) is 0 Å². The van der Waals surface area contributed by atoms with E-state index in [1.807, 2.05) is 0 Å². The first-order chi connectivity index (χ1) is 9.99. The van der Waals surface area contributed by atoms with E-state index in [0.717, 1.165) is 0 Å². The Bertz CT molecular complexity index is 234. The number of rotatable bonds is 14. The van der Waals surface area contributed by atoms with E-state index in [9.17, 15) is 0 Å². The van der Waals surface area contributed by atoms with Crippen molar-refractivity contribution in [2.75, 3.05) is 13.2 Å². The summed E-state index contributed by atoms with van der Waals surface area (Å²) in [6.45, 7) is 14.6. The molecular formula is C19H40O2. The van der Waals surface area contributed by atoms with Crippen LogP contribution in [0.3, 0.4) is 0 Å². The summed E-state index contributed by atoms with van der Waals surface area (Å²) in [7, 11) is 0. The molecule has 0 saturated heterocycles. The van der Waals surface area contributed by atoms with E-state index in [2.05, 4.69) is 41.5 Å². The Kier molecular flexibility index (Phi) is 11.4. The SMILES string of the molecule is CCCCCCCCC(C)(CCC)C(C)(OCC)OCC. The largest absolute Gasteiger partial charge is 0.350 e. The van der Waals surface area contributed by atoms with Crippen LogP contribution in [0, 0.1) is 5.41 Å². The third-order valence-electron chi connectivity index (χ3n) is 4.82. The number of hydrogen-bond acceptors (Lipinski definition) is 2. The molecule has 0 radical (unpaired) electrons. The van der Waals surface area contributed by atoms with Gasteiger partial charge >= 0.3 is 0 Å². The van der Waals surface area contributed by atoms with Crippen molar-refractivity contribution in [1.82, 2.24) is 0 Å². The molecule has 0 rings (SSSR count). The van der Waals surface area contributed by atoms with Crippen LogP contribution >= 0.6 is 0 Å². The lowest BCUT2D eigenvalue weighted by atomic mass is 9.73. The Morgan fingerprint density at radius 3 is 1.62 bits per heavy atom. The number of ether oxygens (including phenoxy) is 2. The van der Waals surface area contributed by atoms with E-state index in [-0.39, 0.29) is 5.41 Å². The Balaban J connectivity index is 4.56. The molecule has 21 heavy (non-hydrogen) atoms. The van der Waals surface area contributed by atoms with Crippen molar-refractivity contribution in [2.24, 2.45) is 5.41 Å². The Morgan fingerprint density at radius 2 is 1.14 bits per heavy atom. The van der Waals surface area contributed by atoms with Gasteiger partial charge in [0.15, 0.2) is 5.79 Å². The van der Waals surface area contributed by atoms with Crippen LogP contribution in [0.1, 0.15) is 99.3 Å². The molecule has 0 aliphatic heterocycles. The molecule has 0 saturated carbocycles. The highest BCUT2D eigenvalue weighted by Crippen LogP contribution is 2.44. The van der Waals surface area contributed by atoms with Crippen molar-refractivity contribution in [2.45, 2.75) is 105 Å². The zero-order valence-corrected chi connectivity index (χ0v) is 15.6. The van der Waals surface area contributed by atoms with Crippen LogP contribution in [-0.4, -0.2) is 19.0 Å². The van der Waals surface area contributed by atoms with Gasteiger partial charge in [0, 0.05) is 18.6 Å². The summed E-state index contributed by atoms with van der Waals surface area (Å²) >= 11 is 0. The summed E-state index contributed by atoms with van der Waals surface area (Å²) < 4.78 is 12.1. The minimum Gasteiger partial charge on any atom is -0.350 e. The van der Waals surface area contributed by atoms with Gasteiger partial charge < -0.3 is 9.47 Å². The van der Waals surface area contributed by atoms with Gasteiger partial charge in [-0.3, -0.25) is 0 Å². The lowest BCUT2D eigenvalue weighted by Gasteiger charge is -2.46. The molecule has 1 unspecified atom stereocenters. The predicted octanol–water partition coefficient (Wildman–Crippen LogP) is 6.33. The van der Waals surface area contributed by atoms with Crippen LogP contribution in [0.4, 0.5) is 0 Å². The second-order valence-corrected chi connectivity index (χ2v) is 6.64. The van der Waals surface area contributed by atoms with Gasteiger partial charge in [-0.2, -0.15) is 0 Å². The van der Waals surface area contributed by atoms with E-state index in [1.54, 1.807) is 0 Å². The summed E-state index contributed by atoms with van der Waals surface area (Å²) in [6, 6.07) is 0. The van der Waals surface area contributed by atoms with Gasteiger partial charge in [-0.25, -0.2) is 0 Å². The minimum absolute atomic E-state index is 0.110. The average molecular weight is 301 g/mol. The van der Waals surface area contributed by atoms with Crippen LogP contribution in [0.25, 0.3) is 0 Å². The number of hydrogen-bond donors (Lipinski definition) is 0. The highest BCUT2D eigenvalue weighted by atomic mass is 16.7. The summed E-state index contributed by atoms with van der Waals surface area (Å²) in [6.07, 6.45) is 11.6. The maximum Gasteiger partial charge on any atom is 0.170 e. The van der Waals surface area contributed by atoms with Gasteiger partial charge in [0.25, 0.3) is 0 Å². The van der Waals surface area contributed by atoms with Crippen molar-refractivity contribution in [1.29, 1.82) is 0 Å². The van der Waals surface area contributed by atoms with E-state index in [4.69, 9.17) is 9.47 Å². The van der Waals surface area contributed by atoms with Crippen molar-refractivity contribution >= 4 is 0 Å². The molecule has 0 heterocycles. The van der Waals surface area contributed by atoms with Crippen molar-refractivity contribution < 1.29 is 9.47 Å². The molecule has 0 aliphatic carbocycles. The second kappa shape index (κ2) is 11.5.